The molecule has 1 aromatic rings. The first-order valence-corrected chi connectivity index (χ1v) is 8.75. The number of hydrogen-bond donors (Lipinski definition) is 1. The summed E-state index contributed by atoms with van der Waals surface area (Å²) in [5.74, 6) is 1.57. The second kappa shape index (κ2) is 6.50. The van der Waals surface area contributed by atoms with E-state index < -0.39 is 0 Å². The maximum Gasteiger partial charge on any atom is 0.0476 e. The van der Waals surface area contributed by atoms with E-state index in [9.17, 15) is 0 Å². The van der Waals surface area contributed by atoms with E-state index in [1.807, 2.05) is 0 Å². The molecule has 1 atom stereocenters. The third-order valence-electron chi connectivity index (χ3n) is 4.98. The number of benzene rings is 1. The van der Waals surface area contributed by atoms with Crippen molar-refractivity contribution >= 4 is 0 Å². The molecule has 1 unspecified atom stereocenters. The molecule has 0 heterocycles. The van der Waals surface area contributed by atoms with Gasteiger partial charge in [0, 0.05) is 18.6 Å². The van der Waals surface area contributed by atoms with E-state index in [1.54, 1.807) is 5.56 Å². The summed E-state index contributed by atoms with van der Waals surface area (Å²) >= 11 is 0. The van der Waals surface area contributed by atoms with E-state index in [4.69, 9.17) is 5.73 Å². The Kier molecular flexibility index (Phi) is 4.66. The lowest BCUT2D eigenvalue weighted by Crippen LogP contribution is -2.37. The lowest BCUT2D eigenvalue weighted by molar-refractivity contribution is 0.180. The molecule has 0 bridgehead atoms. The third kappa shape index (κ3) is 3.67. The maximum absolute atomic E-state index is 6.23. The first-order chi connectivity index (χ1) is 10.2. The first kappa shape index (κ1) is 15.1. The average molecular weight is 286 g/mol. The highest BCUT2D eigenvalue weighted by atomic mass is 15.2. The largest absolute Gasteiger partial charge is 0.329 e. The highest BCUT2D eigenvalue weighted by molar-refractivity contribution is 5.36. The molecule has 0 spiro atoms. The zero-order valence-corrected chi connectivity index (χ0v) is 13.6. The molecule has 2 aliphatic carbocycles. The lowest BCUT2D eigenvalue weighted by atomic mass is 9.95. The number of hydrogen-bond acceptors (Lipinski definition) is 2. The van der Waals surface area contributed by atoms with Gasteiger partial charge in [0.05, 0.1) is 0 Å². The second-order valence-electron chi connectivity index (χ2n) is 7.31. The predicted molar refractivity (Wildman–Crippen MR) is 89.4 cm³/mol. The van der Waals surface area contributed by atoms with Gasteiger partial charge in [-0.2, -0.15) is 0 Å². The van der Waals surface area contributed by atoms with Crippen LogP contribution in [0.1, 0.15) is 69.0 Å². The van der Waals surface area contributed by atoms with E-state index >= 15 is 0 Å². The molecule has 0 radical (unpaired) electrons. The normalized spacial score (nSPS) is 20.2. The Bertz CT molecular complexity index is 460. The van der Waals surface area contributed by atoms with Gasteiger partial charge in [-0.05, 0) is 61.6 Å². The van der Waals surface area contributed by atoms with Crippen LogP contribution in [0.25, 0.3) is 0 Å². The third-order valence-corrected chi connectivity index (χ3v) is 4.98. The fourth-order valence-electron chi connectivity index (χ4n) is 3.43. The molecule has 2 saturated carbocycles. The van der Waals surface area contributed by atoms with Crippen molar-refractivity contribution in [2.24, 2.45) is 11.7 Å². The molecule has 2 N–H and O–H groups in total. The Morgan fingerprint density at radius 2 is 1.86 bits per heavy atom. The van der Waals surface area contributed by atoms with E-state index in [-0.39, 0.29) is 0 Å². The Balaban J connectivity index is 1.81. The van der Waals surface area contributed by atoms with Crippen molar-refractivity contribution < 1.29 is 0 Å². The second-order valence-corrected chi connectivity index (χ2v) is 7.31. The van der Waals surface area contributed by atoms with Crippen molar-refractivity contribution in [2.45, 2.75) is 64.0 Å². The molecule has 0 aliphatic heterocycles. The molecule has 116 valence electrons. The van der Waals surface area contributed by atoms with Crippen molar-refractivity contribution in [2.75, 3.05) is 13.1 Å². The van der Waals surface area contributed by atoms with Crippen molar-refractivity contribution in [3.63, 3.8) is 0 Å². The summed E-state index contributed by atoms with van der Waals surface area (Å²) < 4.78 is 0. The van der Waals surface area contributed by atoms with E-state index in [0.29, 0.717) is 6.04 Å². The van der Waals surface area contributed by atoms with Crippen LogP contribution in [0.3, 0.4) is 0 Å². The number of nitrogens with two attached hydrogens (primary N) is 1. The zero-order valence-electron chi connectivity index (χ0n) is 13.6. The topological polar surface area (TPSA) is 29.3 Å². The SMILES string of the molecule is CC(C)CCN(C1CC1)C(CN)c1ccccc1C1CC1. The minimum absolute atomic E-state index is 0.424. The molecule has 21 heavy (non-hydrogen) atoms. The number of rotatable bonds is 8. The lowest BCUT2D eigenvalue weighted by Gasteiger charge is -2.33. The summed E-state index contributed by atoms with van der Waals surface area (Å²) in [4.78, 5) is 2.71. The Hall–Kier alpha value is -0.860. The summed E-state index contributed by atoms with van der Waals surface area (Å²) in [5, 5.41) is 0. The molecule has 1 aromatic carbocycles. The molecule has 2 fully saturated rings. The smallest absolute Gasteiger partial charge is 0.0476 e. The molecule has 2 nitrogen and oxygen atoms in total. The molecular formula is C19H30N2. The van der Waals surface area contributed by atoms with Crippen LogP contribution in [0.2, 0.25) is 0 Å². The zero-order chi connectivity index (χ0) is 14.8. The monoisotopic (exact) mass is 286 g/mol. The van der Waals surface area contributed by atoms with Gasteiger partial charge < -0.3 is 5.73 Å². The Morgan fingerprint density at radius 3 is 2.43 bits per heavy atom. The van der Waals surface area contributed by atoms with Gasteiger partial charge in [0.1, 0.15) is 0 Å². The van der Waals surface area contributed by atoms with Gasteiger partial charge in [0.15, 0.2) is 0 Å². The Morgan fingerprint density at radius 1 is 1.14 bits per heavy atom. The van der Waals surface area contributed by atoms with Gasteiger partial charge in [0.25, 0.3) is 0 Å². The average Bonchev–Trinajstić information content (AvgIpc) is 3.36. The quantitative estimate of drug-likeness (QED) is 0.780. The first-order valence-electron chi connectivity index (χ1n) is 8.75. The van der Waals surface area contributed by atoms with Gasteiger partial charge in [0.2, 0.25) is 0 Å². The standard InChI is InChI=1S/C19H30N2/c1-14(2)11-12-21(16-9-10-16)19(13-20)18-6-4-3-5-17(18)15-7-8-15/h3-6,14-16,19H,7-13,20H2,1-2H3. The van der Waals surface area contributed by atoms with Crippen LogP contribution in [0, 0.1) is 5.92 Å². The van der Waals surface area contributed by atoms with Gasteiger partial charge in [-0.15, -0.1) is 0 Å². The van der Waals surface area contributed by atoms with E-state index in [1.165, 1.54) is 44.2 Å². The summed E-state index contributed by atoms with van der Waals surface area (Å²) in [6.45, 7) is 6.59. The molecule has 0 saturated heterocycles. The molecule has 2 aliphatic rings. The molecule has 0 amide bonds. The Labute approximate surface area is 129 Å². The van der Waals surface area contributed by atoms with Gasteiger partial charge >= 0.3 is 0 Å². The minimum atomic E-state index is 0.424. The van der Waals surface area contributed by atoms with Crippen LogP contribution >= 0.6 is 0 Å². The van der Waals surface area contributed by atoms with Crippen molar-refractivity contribution in [3.8, 4) is 0 Å². The van der Waals surface area contributed by atoms with E-state index in [2.05, 4.69) is 43.0 Å². The summed E-state index contributed by atoms with van der Waals surface area (Å²) in [6.07, 6.45) is 6.73. The molecule has 0 aromatic heterocycles. The van der Waals surface area contributed by atoms with Crippen LogP contribution in [0.4, 0.5) is 0 Å². The predicted octanol–water partition coefficient (Wildman–Crippen LogP) is 4.07. The van der Waals surface area contributed by atoms with Crippen LogP contribution < -0.4 is 5.73 Å². The van der Waals surface area contributed by atoms with Crippen molar-refractivity contribution in [1.82, 2.24) is 4.90 Å². The fourth-order valence-corrected chi connectivity index (χ4v) is 3.43. The highest BCUT2D eigenvalue weighted by Gasteiger charge is 2.36. The summed E-state index contributed by atoms with van der Waals surface area (Å²) in [5.41, 5.74) is 9.31. The van der Waals surface area contributed by atoms with Gasteiger partial charge in [-0.1, -0.05) is 38.1 Å². The maximum atomic E-state index is 6.23. The van der Waals surface area contributed by atoms with Crippen molar-refractivity contribution in [3.05, 3.63) is 35.4 Å². The van der Waals surface area contributed by atoms with Gasteiger partial charge in [-0.25, -0.2) is 0 Å². The van der Waals surface area contributed by atoms with Crippen LogP contribution in [0.5, 0.6) is 0 Å². The van der Waals surface area contributed by atoms with Crippen LogP contribution in [-0.2, 0) is 0 Å². The van der Waals surface area contributed by atoms with Crippen LogP contribution in [0.15, 0.2) is 24.3 Å². The fraction of sp³-hybridized carbons (Fsp3) is 0.684. The summed E-state index contributed by atoms with van der Waals surface area (Å²) in [6, 6.07) is 10.3. The molecular weight excluding hydrogens is 256 g/mol. The molecule has 3 rings (SSSR count). The minimum Gasteiger partial charge on any atom is -0.329 e. The van der Waals surface area contributed by atoms with E-state index in [0.717, 1.165) is 24.4 Å². The highest BCUT2D eigenvalue weighted by Crippen LogP contribution is 2.44. The summed E-state index contributed by atoms with van der Waals surface area (Å²) in [7, 11) is 0. The molecule has 2 heteroatoms. The van der Waals surface area contributed by atoms with Crippen LogP contribution in [-0.4, -0.2) is 24.0 Å². The number of nitrogens with zero attached hydrogens (tertiary/aromatic N) is 1. The van der Waals surface area contributed by atoms with Gasteiger partial charge in [-0.3, -0.25) is 4.90 Å². The van der Waals surface area contributed by atoms with Crippen molar-refractivity contribution in [1.29, 1.82) is 0 Å².